The summed E-state index contributed by atoms with van der Waals surface area (Å²) < 4.78 is 15.6. The van der Waals surface area contributed by atoms with Crippen molar-refractivity contribution >= 4 is 16.8 Å². The van der Waals surface area contributed by atoms with Crippen LogP contribution in [0.15, 0.2) is 30.3 Å². The Bertz CT molecular complexity index is 263. The summed E-state index contributed by atoms with van der Waals surface area (Å²) in [6, 6.07) is 9.47. The molecular formula is C8H11NO2S. The summed E-state index contributed by atoms with van der Waals surface area (Å²) in [5, 5.41) is 1.48. The number of rotatable bonds is 3. The van der Waals surface area contributed by atoms with E-state index < -0.39 is 11.1 Å². The van der Waals surface area contributed by atoms with Crippen LogP contribution in [0.1, 0.15) is 0 Å². The Morgan fingerprint density at radius 1 is 1.33 bits per heavy atom. The quantitative estimate of drug-likeness (QED) is 0.666. The summed E-state index contributed by atoms with van der Waals surface area (Å²) >= 11 is -1.27. The van der Waals surface area contributed by atoms with Gasteiger partial charge in [0.2, 0.25) is 0 Å². The van der Waals surface area contributed by atoms with Crippen molar-refractivity contribution in [3.05, 3.63) is 30.3 Å². The molecule has 0 fully saturated rings. The SMILES string of the molecule is CN(OS(C)=O)c1ccccc1. The van der Waals surface area contributed by atoms with E-state index in [-0.39, 0.29) is 0 Å². The Labute approximate surface area is 74.6 Å². The van der Waals surface area contributed by atoms with Gasteiger partial charge >= 0.3 is 0 Å². The molecule has 0 saturated carbocycles. The van der Waals surface area contributed by atoms with Gasteiger partial charge in [-0.2, -0.15) is 4.28 Å². The van der Waals surface area contributed by atoms with Crippen molar-refractivity contribution in [1.29, 1.82) is 0 Å². The average molecular weight is 185 g/mol. The molecule has 1 unspecified atom stereocenters. The highest BCUT2D eigenvalue weighted by Gasteiger charge is 2.00. The van der Waals surface area contributed by atoms with Gasteiger partial charge in [-0.05, 0) is 12.1 Å². The molecule has 0 aliphatic heterocycles. The second-order valence-electron chi connectivity index (χ2n) is 2.31. The van der Waals surface area contributed by atoms with Crippen molar-refractivity contribution in [3.63, 3.8) is 0 Å². The molecule has 12 heavy (non-hydrogen) atoms. The van der Waals surface area contributed by atoms with Crippen molar-refractivity contribution < 1.29 is 8.49 Å². The van der Waals surface area contributed by atoms with Gasteiger partial charge in [-0.3, -0.25) is 0 Å². The van der Waals surface area contributed by atoms with Crippen LogP contribution < -0.4 is 5.06 Å². The van der Waals surface area contributed by atoms with Gasteiger partial charge < -0.3 is 0 Å². The fraction of sp³-hybridized carbons (Fsp3) is 0.250. The molecule has 1 atom stereocenters. The molecule has 1 aromatic carbocycles. The molecule has 4 heteroatoms. The van der Waals surface area contributed by atoms with Crippen molar-refractivity contribution in [3.8, 4) is 0 Å². The van der Waals surface area contributed by atoms with E-state index in [2.05, 4.69) is 0 Å². The van der Waals surface area contributed by atoms with Gasteiger partial charge in [-0.1, -0.05) is 18.2 Å². The van der Waals surface area contributed by atoms with Gasteiger partial charge in [0.15, 0.2) is 11.1 Å². The lowest BCUT2D eigenvalue weighted by Crippen LogP contribution is -2.18. The van der Waals surface area contributed by atoms with Crippen molar-refractivity contribution in [2.45, 2.75) is 0 Å². The number of benzene rings is 1. The maximum Gasteiger partial charge on any atom is 0.176 e. The van der Waals surface area contributed by atoms with Crippen LogP contribution >= 0.6 is 0 Å². The Morgan fingerprint density at radius 2 is 1.92 bits per heavy atom. The number of para-hydroxylation sites is 1. The second-order valence-corrected chi connectivity index (χ2v) is 3.26. The molecular weight excluding hydrogens is 174 g/mol. The maximum atomic E-state index is 10.7. The zero-order chi connectivity index (χ0) is 8.97. The molecule has 3 nitrogen and oxygen atoms in total. The zero-order valence-electron chi connectivity index (χ0n) is 7.06. The Balaban J connectivity index is 2.65. The van der Waals surface area contributed by atoms with Gasteiger partial charge in [0, 0.05) is 13.3 Å². The van der Waals surface area contributed by atoms with E-state index in [1.165, 1.54) is 11.3 Å². The average Bonchev–Trinajstić information content (AvgIpc) is 2.05. The standard InChI is InChI=1S/C8H11NO2S/c1-9(11-12(2)10)8-6-4-3-5-7-8/h3-7H,1-2H3. The predicted octanol–water partition coefficient (Wildman–Crippen LogP) is 1.35. The molecule has 1 aromatic rings. The van der Waals surface area contributed by atoms with E-state index in [9.17, 15) is 4.21 Å². The molecule has 66 valence electrons. The lowest BCUT2D eigenvalue weighted by Gasteiger charge is -2.15. The minimum absolute atomic E-state index is 0.882. The molecule has 0 aliphatic rings. The fourth-order valence-corrected chi connectivity index (χ4v) is 1.24. The lowest BCUT2D eigenvalue weighted by molar-refractivity contribution is 0.336. The first kappa shape index (κ1) is 9.22. The second kappa shape index (κ2) is 4.23. The summed E-state index contributed by atoms with van der Waals surface area (Å²) in [7, 11) is 1.72. The maximum absolute atomic E-state index is 10.7. The van der Waals surface area contributed by atoms with Crippen LogP contribution in [0.3, 0.4) is 0 Å². The summed E-state index contributed by atoms with van der Waals surface area (Å²) in [5.74, 6) is 0. The van der Waals surface area contributed by atoms with Crippen LogP contribution in [0.2, 0.25) is 0 Å². The monoisotopic (exact) mass is 185 g/mol. The van der Waals surface area contributed by atoms with Gasteiger partial charge in [0.05, 0.1) is 5.69 Å². The topological polar surface area (TPSA) is 29.5 Å². The lowest BCUT2D eigenvalue weighted by atomic mass is 10.3. The number of nitrogens with zero attached hydrogens (tertiary/aromatic N) is 1. The van der Waals surface area contributed by atoms with E-state index in [0.717, 1.165) is 5.69 Å². The van der Waals surface area contributed by atoms with Gasteiger partial charge in [0.1, 0.15) is 0 Å². The molecule has 1 rings (SSSR count). The Kier molecular flexibility index (Phi) is 3.25. The normalized spacial score (nSPS) is 12.5. The van der Waals surface area contributed by atoms with Crippen LogP contribution in [0.5, 0.6) is 0 Å². The van der Waals surface area contributed by atoms with Crippen molar-refractivity contribution in [2.24, 2.45) is 0 Å². The van der Waals surface area contributed by atoms with E-state index in [0.29, 0.717) is 0 Å². The van der Waals surface area contributed by atoms with Gasteiger partial charge in [-0.15, -0.1) is 0 Å². The van der Waals surface area contributed by atoms with Crippen LogP contribution in [0.4, 0.5) is 5.69 Å². The zero-order valence-corrected chi connectivity index (χ0v) is 7.88. The number of anilines is 1. The molecule has 0 saturated heterocycles. The minimum Gasteiger partial charge on any atom is -0.242 e. The first-order valence-electron chi connectivity index (χ1n) is 3.51. The summed E-state index contributed by atoms with van der Waals surface area (Å²) in [6.45, 7) is 0. The summed E-state index contributed by atoms with van der Waals surface area (Å²) in [6.07, 6.45) is 1.49. The molecule has 0 aliphatic carbocycles. The number of hydroxylamine groups is 1. The fourth-order valence-electron chi connectivity index (χ4n) is 0.838. The first-order chi connectivity index (χ1) is 5.70. The third-order valence-corrected chi connectivity index (χ3v) is 1.77. The summed E-state index contributed by atoms with van der Waals surface area (Å²) in [5.41, 5.74) is 0.882. The van der Waals surface area contributed by atoms with E-state index >= 15 is 0 Å². The van der Waals surface area contributed by atoms with E-state index in [1.54, 1.807) is 7.05 Å². The molecule has 0 spiro atoms. The minimum atomic E-state index is -1.27. The van der Waals surface area contributed by atoms with Gasteiger partial charge in [0.25, 0.3) is 0 Å². The largest absolute Gasteiger partial charge is 0.242 e. The molecule has 0 heterocycles. The van der Waals surface area contributed by atoms with Crippen LogP contribution in [0, 0.1) is 0 Å². The molecule has 0 bridgehead atoms. The highest BCUT2D eigenvalue weighted by molar-refractivity contribution is 7.79. The number of hydrogen-bond donors (Lipinski definition) is 0. The smallest absolute Gasteiger partial charge is 0.176 e. The molecule has 0 amide bonds. The highest BCUT2D eigenvalue weighted by atomic mass is 32.2. The first-order valence-corrected chi connectivity index (χ1v) is 4.99. The van der Waals surface area contributed by atoms with Crippen molar-refractivity contribution in [2.75, 3.05) is 18.4 Å². The summed E-state index contributed by atoms with van der Waals surface area (Å²) in [4.78, 5) is 0. The van der Waals surface area contributed by atoms with E-state index in [4.69, 9.17) is 4.28 Å². The van der Waals surface area contributed by atoms with Gasteiger partial charge in [-0.25, -0.2) is 9.27 Å². The molecule has 0 radical (unpaired) electrons. The third-order valence-electron chi connectivity index (χ3n) is 1.34. The third kappa shape index (κ3) is 2.64. The van der Waals surface area contributed by atoms with Crippen LogP contribution in [-0.2, 0) is 15.4 Å². The van der Waals surface area contributed by atoms with Crippen LogP contribution in [-0.4, -0.2) is 17.5 Å². The molecule has 0 aromatic heterocycles. The van der Waals surface area contributed by atoms with E-state index in [1.807, 2.05) is 30.3 Å². The Morgan fingerprint density at radius 3 is 2.42 bits per heavy atom. The van der Waals surface area contributed by atoms with Crippen molar-refractivity contribution in [1.82, 2.24) is 0 Å². The van der Waals surface area contributed by atoms with Crippen LogP contribution in [0.25, 0.3) is 0 Å². The Hall–Kier alpha value is -0.870. The highest BCUT2D eigenvalue weighted by Crippen LogP contribution is 2.11. The predicted molar refractivity (Wildman–Crippen MR) is 50.0 cm³/mol. The number of hydrogen-bond acceptors (Lipinski definition) is 3. The molecule has 0 N–H and O–H groups in total.